The van der Waals surface area contributed by atoms with Crippen LogP contribution in [0.3, 0.4) is 0 Å². The lowest BCUT2D eigenvalue weighted by atomic mass is 10.1. The number of esters is 1. The molecule has 0 atom stereocenters. The normalized spacial score (nSPS) is 10.2. The highest BCUT2D eigenvalue weighted by atomic mass is 32.2. The van der Waals surface area contributed by atoms with E-state index in [0.29, 0.717) is 23.6 Å². The molecule has 6 heteroatoms. The van der Waals surface area contributed by atoms with Gasteiger partial charge in [-0.25, -0.2) is 9.18 Å². The van der Waals surface area contributed by atoms with Gasteiger partial charge in [0.2, 0.25) is 5.91 Å². The zero-order valence-corrected chi connectivity index (χ0v) is 14.1. The maximum atomic E-state index is 12.8. The minimum Gasteiger partial charge on any atom is -0.462 e. The fraction of sp³-hybridized carbons (Fsp3) is 0.222. The molecule has 0 bridgehead atoms. The minimum absolute atomic E-state index is 0.144. The van der Waals surface area contributed by atoms with Gasteiger partial charge in [-0.1, -0.05) is 12.1 Å². The Morgan fingerprint density at radius 2 is 1.75 bits per heavy atom. The number of ether oxygens (including phenoxy) is 1. The van der Waals surface area contributed by atoms with Crippen LogP contribution in [-0.2, 0) is 15.3 Å². The van der Waals surface area contributed by atoms with Gasteiger partial charge >= 0.3 is 5.97 Å². The van der Waals surface area contributed by atoms with E-state index in [1.165, 1.54) is 36.0 Å². The molecule has 0 unspecified atom stereocenters. The van der Waals surface area contributed by atoms with E-state index >= 15 is 0 Å². The molecule has 0 aliphatic carbocycles. The second kappa shape index (κ2) is 9.08. The van der Waals surface area contributed by atoms with Crippen molar-refractivity contribution in [3.63, 3.8) is 0 Å². The van der Waals surface area contributed by atoms with Crippen molar-refractivity contribution < 1.29 is 18.7 Å². The number of thioether (sulfide) groups is 1. The van der Waals surface area contributed by atoms with Crippen LogP contribution in [0.5, 0.6) is 0 Å². The first-order valence-electron chi connectivity index (χ1n) is 7.47. The van der Waals surface area contributed by atoms with Crippen molar-refractivity contribution in [2.45, 2.75) is 12.7 Å². The quantitative estimate of drug-likeness (QED) is 0.773. The van der Waals surface area contributed by atoms with Crippen molar-refractivity contribution in [2.75, 3.05) is 17.7 Å². The van der Waals surface area contributed by atoms with Gasteiger partial charge in [-0.05, 0) is 48.9 Å². The Labute approximate surface area is 144 Å². The minimum atomic E-state index is -0.339. The number of carbonyl (C=O) groups excluding carboxylic acids is 2. The van der Waals surface area contributed by atoms with Crippen molar-refractivity contribution in [3.05, 3.63) is 65.5 Å². The van der Waals surface area contributed by atoms with E-state index in [4.69, 9.17) is 4.74 Å². The third kappa shape index (κ3) is 5.70. The third-order valence-electron chi connectivity index (χ3n) is 3.09. The second-order valence-corrected chi connectivity index (χ2v) is 5.95. The molecule has 24 heavy (non-hydrogen) atoms. The van der Waals surface area contributed by atoms with E-state index in [1.807, 2.05) is 12.1 Å². The number of amides is 1. The van der Waals surface area contributed by atoms with Gasteiger partial charge in [-0.3, -0.25) is 4.79 Å². The predicted molar refractivity (Wildman–Crippen MR) is 93.6 cm³/mol. The maximum Gasteiger partial charge on any atom is 0.338 e. The highest BCUT2D eigenvalue weighted by Gasteiger charge is 2.07. The van der Waals surface area contributed by atoms with Crippen LogP contribution in [-0.4, -0.2) is 24.2 Å². The predicted octanol–water partition coefficient (Wildman–Crippen LogP) is 3.87. The summed E-state index contributed by atoms with van der Waals surface area (Å²) in [6, 6.07) is 12.8. The van der Waals surface area contributed by atoms with Crippen LogP contribution in [0.1, 0.15) is 22.8 Å². The van der Waals surface area contributed by atoms with Crippen LogP contribution >= 0.6 is 11.8 Å². The van der Waals surface area contributed by atoms with Crippen LogP contribution in [0.15, 0.2) is 48.5 Å². The molecule has 2 rings (SSSR count). The van der Waals surface area contributed by atoms with Gasteiger partial charge in [-0.2, -0.15) is 0 Å². The number of nitrogens with one attached hydrogen (secondary N) is 1. The smallest absolute Gasteiger partial charge is 0.338 e. The third-order valence-corrected chi connectivity index (χ3v) is 4.10. The number of halogens is 1. The Balaban J connectivity index is 1.76. The Morgan fingerprint density at radius 3 is 2.38 bits per heavy atom. The maximum absolute atomic E-state index is 12.8. The van der Waals surface area contributed by atoms with Crippen molar-refractivity contribution >= 4 is 29.3 Å². The van der Waals surface area contributed by atoms with Gasteiger partial charge in [0.25, 0.3) is 0 Å². The summed E-state index contributed by atoms with van der Waals surface area (Å²) in [7, 11) is 0. The molecule has 1 N–H and O–H groups in total. The van der Waals surface area contributed by atoms with Gasteiger partial charge in [0, 0.05) is 11.4 Å². The summed E-state index contributed by atoms with van der Waals surface area (Å²) >= 11 is 1.46. The van der Waals surface area contributed by atoms with Crippen LogP contribution in [0.2, 0.25) is 0 Å². The lowest BCUT2D eigenvalue weighted by Gasteiger charge is -2.06. The number of hydrogen-bond acceptors (Lipinski definition) is 4. The van der Waals surface area contributed by atoms with Crippen molar-refractivity contribution in [1.82, 2.24) is 0 Å². The average Bonchev–Trinajstić information content (AvgIpc) is 2.58. The molecule has 0 saturated heterocycles. The first kappa shape index (κ1) is 18.0. The van der Waals surface area contributed by atoms with E-state index in [1.54, 1.807) is 19.1 Å². The summed E-state index contributed by atoms with van der Waals surface area (Å²) in [5.41, 5.74) is 2.10. The molecular formula is C18H18FNO3S. The Bertz CT molecular complexity index is 686. The van der Waals surface area contributed by atoms with E-state index in [-0.39, 0.29) is 23.4 Å². The molecule has 0 aliphatic rings. The summed E-state index contributed by atoms with van der Waals surface area (Å²) in [6.45, 7) is 2.11. The number of hydrogen-bond donors (Lipinski definition) is 1. The molecule has 1 amide bonds. The molecule has 0 fully saturated rings. The van der Waals surface area contributed by atoms with Crippen molar-refractivity contribution in [2.24, 2.45) is 0 Å². The van der Waals surface area contributed by atoms with E-state index < -0.39 is 0 Å². The zero-order valence-electron chi connectivity index (χ0n) is 13.3. The second-order valence-electron chi connectivity index (χ2n) is 4.97. The molecule has 126 valence electrons. The van der Waals surface area contributed by atoms with Crippen molar-refractivity contribution in [3.8, 4) is 0 Å². The molecule has 0 aliphatic heterocycles. The van der Waals surface area contributed by atoms with Crippen LogP contribution < -0.4 is 5.32 Å². The standard InChI is InChI=1S/C18H18FNO3S/c1-2-23-18(22)14-5-3-13(4-6-14)11-24-12-17(21)20-16-9-7-15(19)8-10-16/h3-10H,2,11-12H2,1H3,(H,20,21). The molecule has 0 heterocycles. The monoisotopic (exact) mass is 347 g/mol. The van der Waals surface area contributed by atoms with E-state index in [0.717, 1.165) is 5.56 Å². The average molecular weight is 347 g/mol. The Morgan fingerprint density at radius 1 is 1.08 bits per heavy atom. The van der Waals surface area contributed by atoms with Crippen LogP contribution in [0.25, 0.3) is 0 Å². The number of anilines is 1. The summed E-state index contributed by atoms with van der Waals surface area (Å²) in [5.74, 6) is 0.121. The fourth-order valence-corrected chi connectivity index (χ4v) is 2.73. The van der Waals surface area contributed by atoms with Crippen LogP contribution in [0, 0.1) is 5.82 Å². The van der Waals surface area contributed by atoms with Crippen LogP contribution in [0.4, 0.5) is 10.1 Å². The summed E-state index contributed by atoms with van der Waals surface area (Å²) < 4.78 is 17.7. The van der Waals surface area contributed by atoms with Gasteiger partial charge in [0.05, 0.1) is 17.9 Å². The summed E-state index contributed by atoms with van der Waals surface area (Å²) in [6.07, 6.45) is 0. The highest BCUT2D eigenvalue weighted by molar-refractivity contribution is 7.99. The topological polar surface area (TPSA) is 55.4 Å². The number of rotatable bonds is 7. The largest absolute Gasteiger partial charge is 0.462 e. The molecule has 0 spiro atoms. The first-order chi connectivity index (χ1) is 11.6. The number of benzene rings is 2. The van der Waals surface area contributed by atoms with Gasteiger partial charge in [0.1, 0.15) is 5.82 Å². The van der Waals surface area contributed by atoms with Crippen molar-refractivity contribution in [1.29, 1.82) is 0 Å². The molecular weight excluding hydrogens is 329 g/mol. The zero-order chi connectivity index (χ0) is 17.4. The van der Waals surface area contributed by atoms with Gasteiger partial charge in [0.15, 0.2) is 0 Å². The van der Waals surface area contributed by atoms with E-state index in [2.05, 4.69) is 5.32 Å². The molecule has 0 radical (unpaired) electrons. The fourth-order valence-electron chi connectivity index (χ4n) is 1.94. The highest BCUT2D eigenvalue weighted by Crippen LogP contribution is 2.15. The number of carbonyl (C=O) groups is 2. The molecule has 0 aromatic heterocycles. The molecule has 2 aromatic carbocycles. The molecule has 0 saturated carbocycles. The summed E-state index contributed by atoms with van der Waals surface area (Å²) in [4.78, 5) is 23.4. The van der Waals surface area contributed by atoms with Gasteiger partial charge < -0.3 is 10.1 Å². The molecule has 4 nitrogen and oxygen atoms in total. The molecule has 2 aromatic rings. The lowest BCUT2D eigenvalue weighted by Crippen LogP contribution is -2.14. The SMILES string of the molecule is CCOC(=O)c1ccc(CSCC(=O)Nc2ccc(F)cc2)cc1. The van der Waals surface area contributed by atoms with Gasteiger partial charge in [-0.15, -0.1) is 11.8 Å². The summed E-state index contributed by atoms with van der Waals surface area (Å²) in [5, 5.41) is 2.71. The van der Waals surface area contributed by atoms with E-state index in [9.17, 15) is 14.0 Å². The first-order valence-corrected chi connectivity index (χ1v) is 8.63. The lowest BCUT2D eigenvalue weighted by molar-refractivity contribution is -0.113. The Kier molecular flexibility index (Phi) is 6.81. The Hall–Kier alpha value is -2.34.